The fourth-order valence-corrected chi connectivity index (χ4v) is 2.19. The van der Waals surface area contributed by atoms with Crippen LogP contribution in [0.15, 0.2) is 24.4 Å². The Morgan fingerprint density at radius 2 is 2.25 bits per heavy atom. The number of ketones is 1. The van der Waals surface area contributed by atoms with Crippen LogP contribution >= 0.6 is 0 Å². The van der Waals surface area contributed by atoms with Crippen LogP contribution in [0.5, 0.6) is 0 Å². The van der Waals surface area contributed by atoms with Crippen LogP contribution in [-0.2, 0) is 25.7 Å². The van der Waals surface area contributed by atoms with Gasteiger partial charge in [0.25, 0.3) is 0 Å². The molecule has 1 aromatic heterocycles. The molecule has 2 rings (SSSR count). The minimum absolute atomic E-state index is 0.0844. The average Bonchev–Trinajstić information content (AvgIpc) is 2.81. The van der Waals surface area contributed by atoms with Gasteiger partial charge in [0.2, 0.25) is 5.91 Å². The summed E-state index contributed by atoms with van der Waals surface area (Å²) < 4.78 is 4.46. The highest BCUT2D eigenvalue weighted by atomic mass is 16.5. The van der Waals surface area contributed by atoms with E-state index in [1.165, 1.54) is 7.11 Å². The van der Waals surface area contributed by atoms with E-state index < -0.39 is 11.9 Å². The second kappa shape index (κ2) is 6.27. The maximum absolute atomic E-state index is 11.9. The van der Waals surface area contributed by atoms with E-state index in [9.17, 15) is 14.4 Å². The first-order valence-electron chi connectivity index (χ1n) is 6.37. The number of amides is 1. The second-order valence-electron chi connectivity index (χ2n) is 4.72. The third-order valence-electron chi connectivity index (χ3n) is 3.30. The standard InChI is InChI=1S/C14H16N2O4/c1-20-14(19)7-12(17)10-6-13(18)16(8-10)9-11-4-2-3-5-15-11/h2-5,10H,6-9H2,1H3/t10-/m1/s1. The van der Waals surface area contributed by atoms with Crippen molar-refractivity contribution in [1.82, 2.24) is 9.88 Å². The summed E-state index contributed by atoms with van der Waals surface area (Å²) in [5, 5.41) is 0. The van der Waals surface area contributed by atoms with Crippen LogP contribution in [0.2, 0.25) is 0 Å². The number of carbonyl (C=O) groups is 3. The molecule has 1 aliphatic heterocycles. The number of nitrogens with zero attached hydrogens (tertiary/aromatic N) is 2. The number of rotatable bonds is 5. The molecule has 0 radical (unpaired) electrons. The minimum Gasteiger partial charge on any atom is -0.469 e. The molecule has 6 heteroatoms. The van der Waals surface area contributed by atoms with Crippen molar-refractivity contribution in [2.24, 2.45) is 5.92 Å². The number of Topliss-reactive ketones (excluding diaryl/α,β-unsaturated/α-hetero) is 1. The highest BCUT2D eigenvalue weighted by Crippen LogP contribution is 2.21. The Morgan fingerprint density at radius 1 is 1.45 bits per heavy atom. The quantitative estimate of drug-likeness (QED) is 0.580. The fraction of sp³-hybridized carbons (Fsp3) is 0.429. The van der Waals surface area contributed by atoms with Gasteiger partial charge in [0.05, 0.1) is 19.3 Å². The number of carbonyl (C=O) groups excluding carboxylic acids is 3. The van der Waals surface area contributed by atoms with Crippen molar-refractivity contribution >= 4 is 17.7 Å². The third kappa shape index (κ3) is 3.40. The molecule has 20 heavy (non-hydrogen) atoms. The van der Waals surface area contributed by atoms with Gasteiger partial charge in [-0.05, 0) is 12.1 Å². The summed E-state index contributed by atoms with van der Waals surface area (Å²) in [5.74, 6) is -1.32. The predicted octanol–water partition coefficient (Wildman–Crippen LogP) is 0.562. The Labute approximate surface area is 116 Å². The lowest BCUT2D eigenvalue weighted by Crippen LogP contribution is -2.26. The van der Waals surface area contributed by atoms with E-state index in [0.29, 0.717) is 13.1 Å². The predicted molar refractivity (Wildman–Crippen MR) is 69.4 cm³/mol. The molecule has 0 bridgehead atoms. The molecule has 0 aromatic carbocycles. The normalized spacial score (nSPS) is 18.1. The molecule has 106 valence electrons. The van der Waals surface area contributed by atoms with E-state index in [4.69, 9.17) is 0 Å². The number of pyridine rings is 1. The van der Waals surface area contributed by atoms with E-state index in [1.807, 2.05) is 12.1 Å². The van der Waals surface area contributed by atoms with Crippen LogP contribution in [0, 0.1) is 5.92 Å². The molecule has 1 fully saturated rings. The SMILES string of the molecule is COC(=O)CC(=O)[C@@H]1CC(=O)N(Cc2ccccn2)C1. The zero-order valence-electron chi connectivity index (χ0n) is 11.2. The number of aromatic nitrogens is 1. The number of hydrogen-bond donors (Lipinski definition) is 0. The molecule has 1 saturated heterocycles. The Bertz CT molecular complexity index is 515. The summed E-state index contributed by atoms with van der Waals surface area (Å²) in [6.45, 7) is 0.729. The van der Waals surface area contributed by atoms with Gasteiger partial charge in [-0.25, -0.2) is 0 Å². The van der Waals surface area contributed by atoms with E-state index in [2.05, 4.69) is 9.72 Å². The molecular formula is C14H16N2O4. The molecule has 0 N–H and O–H groups in total. The first-order valence-corrected chi connectivity index (χ1v) is 6.37. The van der Waals surface area contributed by atoms with Crippen molar-refractivity contribution < 1.29 is 19.1 Å². The van der Waals surface area contributed by atoms with Gasteiger partial charge in [-0.15, -0.1) is 0 Å². The fourth-order valence-electron chi connectivity index (χ4n) is 2.19. The lowest BCUT2D eigenvalue weighted by molar-refractivity contribution is -0.144. The van der Waals surface area contributed by atoms with Gasteiger partial charge in [-0.1, -0.05) is 6.07 Å². The van der Waals surface area contributed by atoms with E-state index in [-0.39, 0.29) is 24.5 Å². The van der Waals surface area contributed by atoms with Crippen LogP contribution in [0.4, 0.5) is 0 Å². The Hall–Kier alpha value is -2.24. The molecule has 2 heterocycles. The molecule has 1 atom stereocenters. The Balaban J connectivity index is 1.93. The number of esters is 1. The highest BCUT2D eigenvalue weighted by molar-refractivity contribution is 5.99. The first-order chi connectivity index (χ1) is 9.60. The van der Waals surface area contributed by atoms with Crippen LogP contribution in [0.25, 0.3) is 0 Å². The van der Waals surface area contributed by atoms with Crippen LogP contribution < -0.4 is 0 Å². The molecule has 1 aliphatic rings. The largest absolute Gasteiger partial charge is 0.469 e. The van der Waals surface area contributed by atoms with Crippen molar-refractivity contribution in [2.45, 2.75) is 19.4 Å². The number of likely N-dealkylation sites (tertiary alicyclic amines) is 1. The third-order valence-corrected chi connectivity index (χ3v) is 3.30. The first kappa shape index (κ1) is 14.2. The highest BCUT2D eigenvalue weighted by Gasteiger charge is 2.34. The summed E-state index contributed by atoms with van der Waals surface area (Å²) >= 11 is 0. The van der Waals surface area contributed by atoms with Crippen LogP contribution in [0.3, 0.4) is 0 Å². The zero-order chi connectivity index (χ0) is 14.5. The van der Waals surface area contributed by atoms with Crippen molar-refractivity contribution in [1.29, 1.82) is 0 Å². The monoisotopic (exact) mass is 276 g/mol. The molecule has 0 aliphatic carbocycles. The van der Waals surface area contributed by atoms with E-state index in [1.54, 1.807) is 17.2 Å². The van der Waals surface area contributed by atoms with Crippen molar-refractivity contribution in [3.05, 3.63) is 30.1 Å². The summed E-state index contributed by atoms with van der Waals surface area (Å²) in [6.07, 6.45) is 1.55. The van der Waals surface area contributed by atoms with Gasteiger partial charge >= 0.3 is 5.97 Å². The van der Waals surface area contributed by atoms with Crippen molar-refractivity contribution in [3.8, 4) is 0 Å². The summed E-state index contributed by atoms with van der Waals surface area (Å²) in [7, 11) is 1.24. The molecule has 6 nitrogen and oxygen atoms in total. The lowest BCUT2D eigenvalue weighted by Gasteiger charge is -2.15. The van der Waals surface area contributed by atoms with Gasteiger partial charge in [0.1, 0.15) is 12.2 Å². The molecule has 0 saturated carbocycles. The van der Waals surface area contributed by atoms with Gasteiger partial charge in [-0.2, -0.15) is 0 Å². The maximum atomic E-state index is 11.9. The van der Waals surface area contributed by atoms with Crippen molar-refractivity contribution in [3.63, 3.8) is 0 Å². The summed E-state index contributed by atoms with van der Waals surface area (Å²) in [4.78, 5) is 40.6. The minimum atomic E-state index is -0.564. The Morgan fingerprint density at radius 3 is 2.90 bits per heavy atom. The molecule has 0 spiro atoms. The Kier molecular flexibility index (Phi) is 4.45. The molecular weight excluding hydrogens is 260 g/mol. The molecule has 0 unspecified atom stereocenters. The van der Waals surface area contributed by atoms with Gasteiger partial charge in [0, 0.05) is 25.1 Å². The van der Waals surface area contributed by atoms with Gasteiger partial charge in [0.15, 0.2) is 0 Å². The van der Waals surface area contributed by atoms with E-state index in [0.717, 1.165) is 5.69 Å². The van der Waals surface area contributed by atoms with Gasteiger partial charge < -0.3 is 9.64 Å². The van der Waals surface area contributed by atoms with Crippen LogP contribution in [-0.4, -0.2) is 41.2 Å². The zero-order valence-corrected chi connectivity index (χ0v) is 11.2. The number of methoxy groups -OCH3 is 1. The summed E-state index contributed by atoms with van der Waals surface area (Å²) in [5.41, 5.74) is 0.780. The topological polar surface area (TPSA) is 76.6 Å². The smallest absolute Gasteiger partial charge is 0.313 e. The van der Waals surface area contributed by atoms with Crippen LogP contribution in [0.1, 0.15) is 18.5 Å². The number of hydrogen-bond acceptors (Lipinski definition) is 5. The van der Waals surface area contributed by atoms with E-state index >= 15 is 0 Å². The average molecular weight is 276 g/mol. The maximum Gasteiger partial charge on any atom is 0.313 e. The second-order valence-corrected chi connectivity index (χ2v) is 4.72. The summed E-state index contributed by atoms with van der Waals surface area (Å²) in [6, 6.07) is 5.48. The molecule has 1 amide bonds. The van der Waals surface area contributed by atoms with Gasteiger partial charge in [-0.3, -0.25) is 19.4 Å². The number of ether oxygens (including phenoxy) is 1. The lowest BCUT2D eigenvalue weighted by atomic mass is 10.0. The van der Waals surface area contributed by atoms with Crippen molar-refractivity contribution in [2.75, 3.05) is 13.7 Å². The molecule has 1 aromatic rings.